The number of hydrogen-bond donors (Lipinski definition) is 0. The van der Waals surface area contributed by atoms with Crippen LogP contribution >= 0.6 is 11.6 Å². The highest BCUT2D eigenvalue weighted by atomic mass is 35.5. The third-order valence-electron chi connectivity index (χ3n) is 4.11. The van der Waals surface area contributed by atoms with Gasteiger partial charge in [-0.1, -0.05) is 54.1 Å². The number of rotatable bonds is 3. The van der Waals surface area contributed by atoms with Crippen LogP contribution in [0.25, 0.3) is 0 Å². The van der Waals surface area contributed by atoms with Gasteiger partial charge < -0.3 is 0 Å². The summed E-state index contributed by atoms with van der Waals surface area (Å²) in [7, 11) is 0. The van der Waals surface area contributed by atoms with Crippen LogP contribution in [0.4, 0.5) is 0 Å². The zero-order chi connectivity index (χ0) is 14.7. The topological polar surface area (TPSA) is 27.0 Å². The van der Waals surface area contributed by atoms with E-state index < -0.39 is 0 Å². The van der Waals surface area contributed by atoms with Gasteiger partial charge in [0, 0.05) is 30.6 Å². The highest BCUT2D eigenvalue weighted by molar-refractivity contribution is 6.30. The first-order valence-corrected chi connectivity index (χ1v) is 7.55. The maximum absolute atomic E-state index is 9.43. The Morgan fingerprint density at radius 2 is 1.76 bits per heavy atom. The molecule has 2 aromatic carbocycles. The first-order valence-electron chi connectivity index (χ1n) is 7.17. The fraction of sp³-hybridized carbons (Fsp3) is 0.278. The molecule has 1 fully saturated rings. The van der Waals surface area contributed by atoms with Crippen LogP contribution in [-0.4, -0.2) is 18.0 Å². The van der Waals surface area contributed by atoms with Crippen molar-refractivity contribution in [3.8, 4) is 6.07 Å². The summed E-state index contributed by atoms with van der Waals surface area (Å²) in [6.45, 7) is 2.66. The van der Waals surface area contributed by atoms with Crippen molar-refractivity contribution < 1.29 is 0 Å². The molecule has 0 unspecified atom stereocenters. The minimum absolute atomic E-state index is 0.0508. The smallest absolute Gasteiger partial charge is 0.0676 e. The van der Waals surface area contributed by atoms with E-state index >= 15 is 0 Å². The molecular formula is C18H17ClN2. The van der Waals surface area contributed by atoms with E-state index in [-0.39, 0.29) is 11.8 Å². The second-order valence-electron chi connectivity index (χ2n) is 5.57. The summed E-state index contributed by atoms with van der Waals surface area (Å²) >= 11 is 5.95. The Hall–Kier alpha value is -1.82. The Balaban J connectivity index is 1.74. The fourth-order valence-corrected chi connectivity index (χ4v) is 3.16. The second-order valence-corrected chi connectivity index (χ2v) is 6.01. The fourth-order valence-electron chi connectivity index (χ4n) is 3.03. The van der Waals surface area contributed by atoms with Crippen molar-refractivity contribution in [1.29, 1.82) is 5.26 Å². The van der Waals surface area contributed by atoms with Crippen molar-refractivity contribution in [2.24, 2.45) is 5.92 Å². The van der Waals surface area contributed by atoms with Crippen LogP contribution in [0.2, 0.25) is 5.02 Å². The van der Waals surface area contributed by atoms with Crippen molar-refractivity contribution in [2.45, 2.75) is 12.5 Å². The predicted octanol–water partition coefficient (Wildman–Crippen LogP) is 4.08. The average molecular weight is 297 g/mol. The second kappa shape index (κ2) is 6.30. The van der Waals surface area contributed by atoms with Crippen molar-refractivity contribution in [3.63, 3.8) is 0 Å². The molecule has 0 aromatic heterocycles. The molecule has 1 saturated heterocycles. The lowest BCUT2D eigenvalue weighted by Gasteiger charge is -2.16. The van der Waals surface area contributed by atoms with Gasteiger partial charge in [-0.2, -0.15) is 5.26 Å². The number of nitriles is 1. The normalized spacial score (nSPS) is 22.1. The van der Waals surface area contributed by atoms with Gasteiger partial charge in [0.1, 0.15) is 0 Å². The Bertz CT molecular complexity index is 631. The van der Waals surface area contributed by atoms with Gasteiger partial charge in [-0.3, -0.25) is 4.90 Å². The summed E-state index contributed by atoms with van der Waals surface area (Å²) in [6.07, 6.45) is 0. The molecule has 0 amide bonds. The summed E-state index contributed by atoms with van der Waals surface area (Å²) in [5.74, 6) is 0.325. The van der Waals surface area contributed by atoms with Gasteiger partial charge in [-0.15, -0.1) is 0 Å². The van der Waals surface area contributed by atoms with Crippen LogP contribution in [0.3, 0.4) is 0 Å². The van der Waals surface area contributed by atoms with E-state index in [4.69, 9.17) is 11.6 Å². The summed E-state index contributed by atoms with van der Waals surface area (Å²) < 4.78 is 0. The average Bonchev–Trinajstić information content (AvgIpc) is 2.92. The molecule has 3 heteroatoms. The summed E-state index contributed by atoms with van der Waals surface area (Å²) in [5, 5.41) is 10.2. The van der Waals surface area contributed by atoms with Crippen molar-refractivity contribution >= 4 is 11.6 Å². The third kappa shape index (κ3) is 3.26. The molecule has 21 heavy (non-hydrogen) atoms. The van der Waals surface area contributed by atoms with E-state index in [0.717, 1.165) is 24.7 Å². The number of likely N-dealkylation sites (tertiary alicyclic amines) is 1. The standard InChI is InChI=1S/C18H17ClN2/c19-17-8-6-15(7-9-17)18-13-21(12-16(18)10-20)11-14-4-2-1-3-5-14/h1-9,16,18H,11-13H2/t16-,18-/m1/s1. The first-order chi connectivity index (χ1) is 10.3. The van der Waals surface area contributed by atoms with Crippen molar-refractivity contribution in [1.82, 2.24) is 4.90 Å². The van der Waals surface area contributed by atoms with E-state index in [0.29, 0.717) is 0 Å². The van der Waals surface area contributed by atoms with Gasteiger partial charge in [0.25, 0.3) is 0 Å². The largest absolute Gasteiger partial charge is 0.297 e. The molecule has 1 heterocycles. The van der Waals surface area contributed by atoms with Crippen molar-refractivity contribution in [2.75, 3.05) is 13.1 Å². The highest BCUT2D eigenvalue weighted by Crippen LogP contribution is 2.33. The maximum Gasteiger partial charge on any atom is 0.0676 e. The van der Waals surface area contributed by atoms with Gasteiger partial charge in [0.05, 0.1) is 12.0 Å². The summed E-state index contributed by atoms with van der Waals surface area (Å²) in [6, 6.07) is 20.8. The molecule has 0 spiro atoms. The molecule has 2 nitrogen and oxygen atoms in total. The third-order valence-corrected chi connectivity index (χ3v) is 4.36. The van der Waals surface area contributed by atoms with Crippen molar-refractivity contribution in [3.05, 3.63) is 70.7 Å². The van der Waals surface area contributed by atoms with Gasteiger partial charge in [0.2, 0.25) is 0 Å². The lowest BCUT2D eigenvalue weighted by atomic mass is 9.90. The van der Waals surface area contributed by atoms with E-state index in [2.05, 4.69) is 35.2 Å². The van der Waals surface area contributed by atoms with Crippen LogP contribution in [-0.2, 0) is 6.54 Å². The Morgan fingerprint density at radius 1 is 1.05 bits per heavy atom. The molecule has 106 valence electrons. The predicted molar refractivity (Wildman–Crippen MR) is 85.0 cm³/mol. The molecule has 3 rings (SSSR count). The minimum Gasteiger partial charge on any atom is -0.297 e. The summed E-state index contributed by atoms with van der Waals surface area (Å²) in [4.78, 5) is 2.36. The van der Waals surface area contributed by atoms with E-state index in [1.165, 1.54) is 11.1 Å². The molecule has 1 aliphatic rings. The van der Waals surface area contributed by atoms with Crippen LogP contribution in [0.15, 0.2) is 54.6 Å². The zero-order valence-corrected chi connectivity index (χ0v) is 12.5. The molecule has 2 atom stereocenters. The molecular weight excluding hydrogens is 280 g/mol. The van der Waals surface area contributed by atoms with Crippen LogP contribution in [0.5, 0.6) is 0 Å². The van der Waals surface area contributed by atoms with Crippen LogP contribution in [0, 0.1) is 17.2 Å². The van der Waals surface area contributed by atoms with Crippen LogP contribution in [0.1, 0.15) is 17.0 Å². The zero-order valence-electron chi connectivity index (χ0n) is 11.7. The number of hydrogen-bond acceptors (Lipinski definition) is 2. The van der Waals surface area contributed by atoms with Gasteiger partial charge in [-0.05, 0) is 23.3 Å². The molecule has 0 aliphatic carbocycles. The molecule has 0 saturated carbocycles. The molecule has 0 bridgehead atoms. The molecule has 2 aromatic rings. The van der Waals surface area contributed by atoms with E-state index in [9.17, 15) is 5.26 Å². The monoisotopic (exact) mass is 296 g/mol. The maximum atomic E-state index is 9.43. The lowest BCUT2D eigenvalue weighted by Crippen LogP contribution is -2.20. The van der Waals surface area contributed by atoms with Crippen LogP contribution < -0.4 is 0 Å². The quantitative estimate of drug-likeness (QED) is 0.853. The Morgan fingerprint density at radius 3 is 2.43 bits per heavy atom. The molecule has 0 N–H and O–H groups in total. The first kappa shape index (κ1) is 14.1. The number of benzene rings is 2. The number of halogens is 1. The number of nitrogens with zero attached hydrogens (tertiary/aromatic N) is 2. The SMILES string of the molecule is N#C[C@@H]1CN(Cc2ccccc2)C[C@@H]1c1ccc(Cl)cc1. The van der Waals surface area contributed by atoms with Gasteiger partial charge >= 0.3 is 0 Å². The highest BCUT2D eigenvalue weighted by Gasteiger charge is 2.33. The van der Waals surface area contributed by atoms with E-state index in [1.807, 2.05) is 30.3 Å². The lowest BCUT2D eigenvalue weighted by molar-refractivity contribution is 0.322. The van der Waals surface area contributed by atoms with Gasteiger partial charge in [-0.25, -0.2) is 0 Å². The Kier molecular flexibility index (Phi) is 4.24. The molecule has 1 aliphatic heterocycles. The van der Waals surface area contributed by atoms with E-state index in [1.54, 1.807) is 0 Å². The Labute approximate surface area is 130 Å². The summed E-state index contributed by atoms with van der Waals surface area (Å²) in [5.41, 5.74) is 2.51. The molecule has 0 radical (unpaired) electrons. The van der Waals surface area contributed by atoms with Gasteiger partial charge in [0.15, 0.2) is 0 Å². The minimum atomic E-state index is 0.0508.